The van der Waals surface area contributed by atoms with E-state index in [9.17, 15) is 9.59 Å². The number of ether oxygens (including phenoxy) is 1. The van der Waals surface area contributed by atoms with Gasteiger partial charge in [-0.15, -0.1) is 0 Å². The van der Waals surface area contributed by atoms with Crippen LogP contribution >= 0.6 is 0 Å². The second-order valence-corrected chi connectivity index (χ2v) is 5.86. The van der Waals surface area contributed by atoms with E-state index in [-0.39, 0.29) is 19.1 Å². The van der Waals surface area contributed by atoms with Crippen molar-refractivity contribution in [3.63, 3.8) is 0 Å². The van der Waals surface area contributed by atoms with Gasteiger partial charge in [0.05, 0.1) is 18.7 Å². The summed E-state index contributed by atoms with van der Waals surface area (Å²) in [6.45, 7) is 6.14. The molecule has 0 saturated carbocycles. The van der Waals surface area contributed by atoms with Gasteiger partial charge in [-0.25, -0.2) is 4.79 Å². The van der Waals surface area contributed by atoms with Gasteiger partial charge in [0.1, 0.15) is 5.76 Å². The number of amides is 1. The van der Waals surface area contributed by atoms with E-state index in [0.717, 1.165) is 11.4 Å². The standard InChI is InChI=1S/C16H19N3O5/c1-9-6-12(11(3)19(9)14-7-10(2)24-17-14)15(20)18-4-5-23-13(8-18)16(21)22/h6-7,13H,4-5,8H2,1-3H3,(H,21,22)/t13-/m1/s1. The zero-order valence-electron chi connectivity index (χ0n) is 13.8. The van der Waals surface area contributed by atoms with E-state index in [0.29, 0.717) is 23.7 Å². The summed E-state index contributed by atoms with van der Waals surface area (Å²) >= 11 is 0. The molecular formula is C16H19N3O5. The van der Waals surface area contributed by atoms with Crippen LogP contribution in [-0.4, -0.2) is 57.4 Å². The summed E-state index contributed by atoms with van der Waals surface area (Å²) in [6.07, 6.45) is -0.982. The van der Waals surface area contributed by atoms with Crippen molar-refractivity contribution in [3.05, 3.63) is 34.8 Å². The summed E-state index contributed by atoms with van der Waals surface area (Å²) in [6, 6.07) is 3.58. The molecule has 0 spiro atoms. The minimum atomic E-state index is -1.06. The third kappa shape index (κ3) is 2.80. The molecule has 2 aromatic rings. The number of carbonyl (C=O) groups excluding carboxylic acids is 1. The highest BCUT2D eigenvalue weighted by Gasteiger charge is 2.31. The topological polar surface area (TPSA) is 97.8 Å². The highest BCUT2D eigenvalue weighted by Crippen LogP contribution is 2.22. The van der Waals surface area contributed by atoms with Crippen molar-refractivity contribution in [2.24, 2.45) is 0 Å². The van der Waals surface area contributed by atoms with Crippen LogP contribution in [0.4, 0.5) is 0 Å². The minimum absolute atomic E-state index is 0.0426. The molecule has 2 aromatic heterocycles. The molecule has 0 unspecified atom stereocenters. The van der Waals surface area contributed by atoms with Crippen LogP contribution in [-0.2, 0) is 9.53 Å². The van der Waals surface area contributed by atoms with Crippen LogP contribution in [0.1, 0.15) is 27.5 Å². The maximum Gasteiger partial charge on any atom is 0.334 e. The molecule has 128 valence electrons. The molecule has 8 nitrogen and oxygen atoms in total. The molecule has 0 aromatic carbocycles. The van der Waals surface area contributed by atoms with Gasteiger partial charge in [-0.2, -0.15) is 0 Å². The van der Waals surface area contributed by atoms with E-state index in [1.165, 1.54) is 4.90 Å². The fourth-order valence-corrected chi connectivity index (χ4v) is 2.94. The smallest absolute Gasteiger partial charge is 0.334 e. The first kappa shape index (κ1) is 16.3. The van der Waals surface area contributed by atoms with Crippen LogP contribution in [0.15, 0.2) is 16.7 Å². The maximum absolute atomic E-state index is 12.8. The van der Waals surface area contributed by atoms with Crippen molar-refractivity contribution in [1.29, 1.82) is 0 Å². The summed E-state index contributed by atoms with van der Waals surface area (Å²) in [5.41, 5.74) is 2.12. The molecule has 1 aliphatic rings. The van der Waals surface area contributed by atoms with Gasteiger partial charge in [0.2, 0.25) is 0 Å². The van der Waals surface area contributed by atoms with Gasteiger partial charge in [0, 0.05) is 24.0 Å². The van der Waals surface area contributed by atoms with Gasteiger partial charge in [0.15, 0.2) is 11.9 Å². The van der Waals surface area contributed by atoms with Crippen LogP contribution in [0.5, 0.6) is 0 Å². The molecule has 3 rings (SSSR count). The molecular weight excluding hydrogens is 314 g/mol. The fourth-order valence-electron chi connectivity index (χ4n) is 2.94. The van der Waals surface area contributed by atoms with Gasteiger partial charge in [-0.1, -0.05) is 5.16 Å². The highest BCUT2D eigenvalue weighted by molar-refractivity contribution is 5.96. The molecule has 1 saturated heterocycles. The van der Waals surface area contributed by atoms with Gasteiger partial charge >= 0.3 is 5.97 Å². The molecule has 0 radical (unpaired) electrons. The predicted octanol–water partition coefficient (Wildman–Crippen LogP) is 1.32. The van der Waals surface area contributed by atoms with Crippen LogP contribution in [0.3, 0.4) is 0 Å². The summed E-state index contributed by atoms with van der Waals surface area (Å²) in [7, 11) is 0. The third-order valence-corrected chi connectivity index (χ3v) is 4.14. The Labute approximate surface area is 138 Å². The zero-order chi connectivity index (χ0) is 17.4. The molecule has 1 aliphatic heterocycles. The molecule has 0 aliphatic carbocycles. The Bertz CT molecular complexity index is 792. The highest BCUT2D eigenvalue weighted by atomic mass is 16.5. The Kier molecular flexibility index (Phi) is 4.15. The fraction of sp³-hybridized carbons (Fsp3) is 0.438. The maximum atomic E-state index is 12.8. The number of nitrogens with zero attached hydrogens (tertiary/aromatic N) is 3. The number of rotatable bonds is 3. The number of aliphatic carboxylic acids is 1. The van der Waals surface area contributed by atoms with Crippen molar-refractivity contribution in [2.75, 3.05) is 19.7 Å². The first-order valence-electron chi connectivity index (χ1n) is 7.65. The summed E-state index contributed by atoms with van der Waals surface area (Å²) in [5.74, 6) is 0.0370. The molecule has 8 heteroatoms. The van der Waals surface area contributed by atoms with Crippen molar-refractivity contribution in [1.82, 2.24) is 14.6 Å². The Morgan fingerprint density at radius 3 is 2.67 bits per heavy atom. The Hall–Kier alpha value is -2.61. The number of hydrogen-bond acceptors (Lipinski definition) is 5. The normalized spacial score (nSPS) is 18.0. The lowest BCUT2D eigenvalue weighted by molar-refractivity contribution is -0.154. The molecule has 1 atom stereocenters. The number of morpholine rings is 1. The third-order valence-electron chi connectivity index (χ3n) is 4.14. The number of aromatic nitrogens is 2. The number of carbonyl (C=O) groups is 2. The van der Waals surface area contributed by atoms with E-state index < -0.39 is 12.1 Å². The van der Waals surface area contributed by atoms with Gasteiger partial charge in [0.25, 0.3) is 5.91 Å². The summed E-state index contributed by atoms with van der Waals surface area (Å²) in [5, 5.41) is 13.1. The van der Waals surface area contributed by atoms with Crippen LogP contribution < -0.4 is 0 Å². The molecule has 24 heavy (non-hydrogen) atoms. The van der Waals surface area contributed by atoms with Crippen LogP contribution in [0.25, 0.3) is 5.82 Å². The summed E-state index contributed by atoms with van der Waals surface area (Å²) in [4.78, 5) is 25.4. The second-order valence-electron chi connectivity index (χ2n) is 5.86. The van der Waals surface area contributed by atoms with Gasteiger partial charge in [-0.05, 0) is 26.8 Å². The van der Waals surface area contributed by atoms with E-state index >= 15 is 0 Å². The first-order valence-corrected chi connectivity index (χ1v) is 7.65. The average Bonchev–Trinajstić information content (AvgIpc) is 3.09. The quantitative estimate of drug-likeness (QED) is 0.909. The van der Waals surface area contributed by atoms with Crippen molar-refractivity contribution in [3.8, 4) is 5.82 Å². The molecule has 1 N–H and O–H groups in total. The lowest BCUT2D eigenvalue weighted by Crippen LogP contribution is -2.48. The number of aryl methyl sites for hydroxylation is 2. The number of hydrogen-bond donors (Lipinski definition) is 1. The number of carboxylic acid groups (broad SMARTS) is 1. The van der Waals surface area contributed by atoms with Crippen LogP contribution in [0.2, 0.25) is 0 Å². The van der Waals surface area contributed by atoms with Crippen LogP contribution in [0, 0.1) is 20.8 Å². The van der Waals surface area contributed by atoms with Gasteiger partial charge in [-0.3, -0.25) is 9.36 Å². The van der Waals surface area contributed by atoms with Gasteiger partial charge < -0.3 is 19.3 Å². The molecule has 1 fully saturated rings. The van der Waals surface area contributed by atoms with E-state index in [2.05, 4.69) is 5.16 Å². The predicted molar refractivity (Wildman–Crippen MR) is 83.3 cm³/mol. The molecule has 0 bridgehead atoms. The summed E-state index contributed by atoms with van der Waals surface area (Å²) < 4.78 is 12.1. The first-order chi connectivity index (χ1) is 11.4. The Balaban J connectivity index is 1.90. The molecule has 3 heterocycles. The SMILES string of the molecule is Cc1cc(-n2c(C)cc(C(=O)N3CCO[C@@H](C(=O)O)C3)c2C)no1. The lowest BCUT2D eigenvalue weighted by Gasteiger charge is -2.30. The molecule has 1 amide bonds. The van der Waals surface area contributed by atoms with Crippen molar-refractivity contribution < 1.29 is 24.0 Å². The van der Waals surface area contributed by atoms with E-state index in [4.69, 9.17) is 14.4 Å². The second kappa shape index (κ2) is 6.12. The zero-order valence-corrected chi connectivity index (χ0v) is 13.8. The lowest BCUT2D eigenvalue weighted by atomic mass is 10.2. The largest absolute Gasteiger partial charge is 0.479 e. The Morgan fingerprint density at radius 2 is 2.04 bits per heavy atom. The van der Waals surface area contributed by atoms with E-state index in [1.807, 2.05) is 18.4 Å². The number of carboxylic acids is 1. The average molecular weight is 333 g/mol. The van der Waals surface area contributed by atoms with Crippen molar-refractivity contribution in [2.45, 2.75) is 26.9 Å². The Morgan fingerprint density at radius 1 is 1.29 bits per heavy atom. The monoisotopic (exact) mass is 333 g/mol. The van der Waals surface area contributed by atoms with Crippen molar-refractivity contribution >= 4 is 11.9 Å². The minimum Gasteiger partial charge on any atom is -0.479 e. The van der Waals surface area contributed by atoms with E-state index in [1.54, 1.807) is 19.1 Å².